The predicted octanol–water partition coefficient (Wildman–Crippen LogP) is 3.20. The summed E-state index contributed by atoms with van der Waals surface area (Å²) in [5.41, 5.74) is 2.00. The van der Waals surface area contributed by atoms with E-state index >= 15 is 0 Å². The molecule has 0 amide bonds. The van der Waals surface area contributed by atoms with Crippen molar-refractivity contribution in [2.24, 2.45) is 0 Å². The lowest BCUT2D eigenvalue weighted by Gasteiger charge is -2.17. The van der Waals surface area contributed by atoms with Crippen molar-refractivity contribution in [2.45, 2.75) is 31.2 Å². The highest BCUT2D eigenvalue weighted by Gasteiger charge is 2.22. The second-order valence-electron chi connectivity index (χ2n) is 5.86. The Balaban J connectivity index is 1.85. The maximum Gasteiger partial charge on any atom is 0.241 e. The monoisotopic (exact) mass is 347 g/mol. The summed E-state index contributed by atoms with van der Waals surface area (Å²) in [5, 5.41) is 0. The fourth-order valence-corrected chi connectivity index (χ4v) is 3.99. The average molecular weight is 347 g/mol. The van der Waals surface area contributed by atoms with Crippen LogP contribution in [-0.2, 0) is 10.0 Å². The molecule has 1 heterocycles. The van der Waals surface area contributed by atoms with Gasteiger partial charge in [0, 0.05) is 18.5 Å². The lowest BCUT2D eigenvalue weighted by molar-refractivity contribution is 0.297. The Morgan fingerprint density at radius 3 is 2.50 bits per heavy atom. The third kappa shape index (κ3) is 3.55. The molecule has 0 spiro atoms. The molecular formula is C18H21NO4S. The Morgan fingerprint density at radius 2 is 1.75 bits per heavy atom. The van der Waals surface area contributed by atoms with Crippen LogP contribution in [0, 0.1) is 6.92 Å². The molecule has 0 unspecified atom stereocenters. The molecule has 0 bridgehead atoms. The van der Waals surface area contributed by atoms with Crippen LogP contribution in [0.25, 0.3) is 0 Å². The summed E-state index contributed by atoms with van der Waals surface area (Å²) >= 11 is 0. The number of benzene rings is 2. The fraction of sp³-hybridized carbons (Fsp3) is 0.333. The van der Waals surface area contributed by atoms with Gasteiger partial charge in [0.15, 0.2) is 11.5 Å². The van der Waals surface area contributed by atoms with Gasteiger partial charge in [-0.15, -0.1) is 0 Å². The molecule has 1 aliphatic rings. The van der Waals surface area contributed by atoms with E-state index in [0.29, 0.717) is 24.7 Å². The summed E-state index contributed by atoms with van der Waals surface area (Å²) in [4.78, 5) is 0.173. The first-order valence-corrected chi connectivity index (χ1v) is 9.43. The van der Waals surface area contributed by atoms with Crippen molar-refractivity contribution in [3.63, 3.8) is 0 Å². The van der Waals surface area contributed by atoms with E-state index in [1.165, 1.54) is 6.07 Å². The number of hydrogen-bond donors (Lipinski definition) is 1. The summed E-state index contributed by atoms with van der Waals surface area (Å²) in [7, 11) is -3.66. The molecule has 128 valence electrons. The van der Waals surface area contributed by atoms with Gasteiger partial charge in [-0.25, -0.2) is 13.1 Å². The molecule has 0 saturated heterocycles. The van der Waals surface area contributed by atoms with Crippen LogP contribution in [0.5, 0.6) is 11.5 Å². The number of fused-ring (bicyclic) bond motifs is 1. The predicted molar refractivity (Wildman–Crippen MR) is 92.0 cm³/mol. The molecule has 0 saturated carbocycles. The van der Waals surface area contributed by atoms with Crippen LogP contribution in [-0.4, -0.2) is 21.6 Å². The zero-order valence-electron chi connectivity index (χ0n) is 13.8. The Hall–Kier alpha value is -2.05. The van der Waals surface area contributed by atoms with Crippen LogP contribution in [0.1, 0.15) is 30.5 Å². The van der Waals surface area contributed by atoms with Gasteiger partial charge in [0.1, 0.15) is 0 Å². The van der Waals surface area contributed by atoms with E-state index in [1.54, 1.807) is 12.1 Å². The highest BCUT2D eigenvalue weighted by molar-refractivity contribution is 7.89. The molecule has 3 rings (SSSR count). The number of aryl methyl sites for hydroxylation is 1. The molecule has 2 aromatic carbocycles. The lowest BCUT2D eigenvalue weighted by atomic mass is 10.0. The van der Waals surface area contributed by atoms with Crippen LogP contribution in [0.15, 0.2) is 47.4 Å². The number of rotatable bonds is 4. The Morgan fingerprint density at radius 1 is 1.04 bits per heavy atom. The maximum absolute atomic E-state index is 12.7. The van der Waals surface area contributed by atoms with Gasteiger partial charge < -0.3 is 9.47 Å². The Labute approximate surface area is 142 Å². The summed E-state index contributed by atoms with van der Waals surface area (Å²) in [6.45, 7) is 4.89. The second kappa shape index (κ2) is 6.83. The van der Waals surface area contributed by atoms with E-state index in [-0.39, 0.29) is 10.9 Å². The quantitative estimate of drug-likeness (QED) is 0.922. The first-order valence-electron chi connectivity index (χ1n) is 7.95. The van der Waals surface area contributed by atoms with E-state index in [0.717, 1.165) is 17.5 Å². The minimum atomic E-state index is -3.66. The largest absolute Gasteiger partial charge is 0.490 e. The van der Waals surface area contributed by atoms with E-state index < -0.39 is 10.0 Å². The molecule has 5 nitrogen and oxygen atoms in total. The van der Waals surface area contributed by atoms with Crippen LogP contribution in [0.2, 0.25) is 0 Å². The zero-order valence-corrected chi connectivity index (χ0v) is 14.6. The number of hydrogen-bond acceptors (Lipinski definition) is 4. The van der Waals surface area contributed by atoms with Gasteiger partial charge in [-0.1, -0.05) is 24.3 Å². The van der Waals surface area contributed by atoms with Gasteiger partial charge in [0.2, 0.25) is 10.0 Å². The van der Waals surface area contributed by atoms with Gasteiger partial charge in [-0.05, 0) is 37.1 Å². The summed E-state index contributed by atoms with van der Waals surface area (Å²) in [5.74, 6) is 1.05. The van der Waals surface area contributed by atoms with E-state index in [9.17, 15) is 8.42 Å². The van der Waals surface area contributed by atoms with Crippen LogP contribution in [0.4, 0.5) is 0 Å². The third-order valence-electron chi connectivity index (χ3n) is 4.02. The smallest absolute Gasteiger partial charge is 0.241 e. The molecular weight excluding hydrogens is 326 g/mol. The van der Waals surface area contributed by atoms with Crippen molar-refractivity contribution >= 4 is 10.0 Å². The highest BCUT2D eigenvalue weighted by atomic mass is 32.2. The van der Waals surface area contributed by atoms with Gasteiger partial charge in [-0.3, -0.25) is 0 Å². The van der Waals surface area contributed by atoms with E-state index in [1.807, 2.05) is 38.1 Å². The summed E-state index contributed by atoms with van der Waals surface area (Å²) in [6, 6.07) is 12.1. The van der Waals surface area contributed by atoms with E-state index in [4.69, 9.17) is 9.47 Å². The van der Waals surface area contributed by atoms with Crippen LogP contribution < -0.4 is 14.2 Å². The van der Waals surface area contributed by atoms with Crippen molar-refractivity contribution in [3.8, 4) is 11.5 Å². The SMILES string of the molecule is Cc1ccccc1[C@H](C)NS(=O)(=O)c1ccc2c(c1)OCCCO2. The van der Waals surface area contributed by atoms with Gasteiger partial charge in [0.05, 0.1) is 18.1 Å². The number of ether oxygens (including phenoxy) is 2. The molecule has 0 aromatic heterocycles. The number of sulfonamides is 1. The lowest BCUT2D eigenvalue weighted by Crippen LogP contribution is -2.27. The second-order valence-corrected chi connectivity index (χ2v) is 7.57. The molecule has 0 fully saturated rings. The Kier molecular flexibility index (Phi) is 4.78. The molecule has 1 aliphatic heterocycles. The standard InChI is InChI=1S/C18H21NO4S/c1-13-6-3-4-7-16(13)14(2)19-24(20,21)15-8-9-17-18(12-15)23-11-5-10-22-17/h3-4,6-9,12,14,19H,5,10-11H2,1-2H3/t14-/m0/s1. The average Bonchev–Trinajstić information content (AvgIpc) is 2.79. The van der Waals surface area contributed by atoms with Gasteiger partial charge >= 0.3 is 0 Å². The van der Waals surface area contributed by atoms with Gasteiger partial charge in [0.25, 0.3) is 0 Å². The van der Waals surface area contributed by atoms with Crippen molar-refractivity contribution in [2.75, 3.05) is 13.2 Å². The number of nitrogens with one attached hydrogen (secondary N) is 1. The molecule has 6 heteroatoms. The van der Waals surface area contributed by atoms with Crippen LogP contribution in [0.3, 0.4) is 0 Å². The molecule has 1 N–H and O–H groups in total. The first-order chi connectivity index (χ1) is 11.5. The summed E-state index contributed by atoms with van der Waals surface area (Å²) < 4.78 is 39.2. The molecule has 24 heavy (non-hydrogen) atoms. The first kappa shape index (κ1) is 16.8. The normalized spacial score (nSPS) is 15.6. The van der Waals surface area contributed by atoms with Crippen molar-refractivity contribution in [1.82, 2.24) is 4.72 Å². The molecule has 0 radical (unpaired) electrons. The molecule has 2 aromatic rings. The third-order valence-corrected chi connectivity index (χ3v) is 5.55. The fourth-order valence-electron chi connectivity index (χ4n) is 2.75. The highest BCUT2D eigenvalue weighted by Crippen LogP contribution is 2.32. The van der Waals surface area contributed by atoms with Gasteiger partial charge in [-0.2, -0.15) is 0 Å². The maximum atomic E-state index is 12.7. The Bertz CT molecular complexity index is 833. The van der Waals surface area contributed by atoms with E-state index in [2.05, 4.69) is 4.72 Å². The summed E-state index contributed by atoms with van der Waals surface area (Å²) in [6.07, 6.45) is 0.777. The zero-order chi connectivity index (χ0) is 17.2. The van der Waals surface area contributed by atoms with Crippen molar-refractivity contribution in [3.05, 3.63) is 53.6 Å². The minimum absolute atomic E-state index is 0.173. The topological polar surface area (TPSA) is 64.6 Å². The van der Waals surface area contributed by atoms with Crippen LogP contribution >= 0.6 is 0 Å². The minimum Gasteiger partial charge on any atom is -0.490 e. The molecule has 0 aliphatic carbocycles. The molecule has 1 atom stereocenters. The van der Waals surface area contributed by atoms with Crippen molar-refractivity contribution < 1.29 is 17.9 Å². The van der Waals surface area contributed by atoms with Crippen molar-refractivity contribution in [1.29, 1.82) is 0 Å².